The molecule has 2 N–H and O–H groups in total. The van der Waals surface area contributed by atoms with Crippen molar-refractivity contribution < 1.29 is 4.74 Å². The van der Waals surface area contributed by atoms with Crippen molar-refractivity contribution in [2.24, 2.45) is 5.73 Å². The lowest BCUT2D eigenvalue weighted by Crippen LogP contribution is -2.15. The first-order valence-electron chi connectivity index (χ1n) is 7.62. The summed E-state index contributed by atoms with van der Waals surface area (Å²) in [5.74, 6) is 1.20. The fraction of sp³-hybridized carbons (Fsp3) is 0.200. The molecule has 3 aromatic carbocycles. The Kier molecular flexibility index (Phi) is 4.40. The molecule has 0 amide bonds. The highest BCUT2D eigenvalue weighted by molar-refractivity contribution is 5.85. The molecule has 0 spiro atoms. The van der Waals surface area contributed by atoms with E-state index in [1.165, 1.54) is 21.9 Å². The van der Waals surface area contributed by atoms with Crippen LogP contribution < -0.4 is 10.5 Å². The van der Waals surface area contributed by atoms with Gasteiger partial charge in [0.25, 0.3) is 0 Å². The number of fused-ring (bicyclic) bond motifs is 1. The van der Waals surface area contributed by atoms with Crippen LogP contribution in [0.5, 0.6) is 5.75 Å². The number of rotatable bonds is 5. The van der Waals surface area contributed by atoms with Gasteiger partial charge in [-0.05, 0) is 47.0 Å². The molecule has 0 aliphatic heterocycles. The van der Waals surface area contributed by atoms with Crippen LogP contribution in [-0.2, 0) is 6.42 Å². The lowest BCUT2D eigenvalue weighted by atomic mass is 9.90. The second-order valence-corrected chi connectivity index (χ2v) is 5.55. The zero-order chi connectivity index (χ0) is 15.4. The van der Waals surface area contributed by atoms with Gasteiger partial charge in [-0.15, -0.1) is 0 Å². The standard InChI is InChI=1S/C20H21NO/c1-22-19-11-9-15(10-12-19)18(14-21)13-17-7-4-6-16-5-2-3-8-20(16)17/h2-12,18H,13-14,21H2,1H3. The van der Waals surface area contributed by atoms with Crippen LogP contribution in [0.25, 0.3) is 10.8 Å². The van der Waals surface area contributed by atoms with Crippen molar-refractivity contribution in [3.8, 4) is 5.75 Å². The van der Waals surface area contributed by atoms with Gasteiger partial charge in [-0.1, -0.05) is 54.6 Å². The predicted octanol–water partition coefficient (Wildman–Crippen LogP) is 4.13. The van der Waals surface area contributed by atoms with Crippen LogP contribution in [0.1, 0.15) is 17.0 Å². The van der Waals surface area contributed by atoms with Crippen molar-refractivity contribution in [2.75, 3.05) is 13.7 Å². The maximum Gasteiger partial charge on any atom is 0.118 e. The Hall–Kier alpha value is -2.32. The molecule has 0 heterocycles. The van der Waals surface area contributed by atoms with E-state index in [0.29, 0.717) is 12.5 Å². The first kappa shape index (κ1) is 14.6. The van der Waals surface area contributed by atoms with Crippen molar-refractivity contribution in [1.29, 1.82) is 0 Å². The topological polar surface area (TPSA) is 35.2 Å². The van der Waals surface area contributed by atoms with Crippen molar-refractivity contribution in [1.82, 2.24) is 0 Å². The van der Waals surface area contributed by atoms with E-state index in [9.17, 15) is 0 Å². The highest BCUT2D eigenvalue weighted by atomic mass is 16.5. The van der Waals surface area contributed by atoms with Crippen molar-refractivity contribution >= 4 is 10.8 Å². The molecule has 3 rings (SSSR count). The number of hydrogen-bond donors (Lipinski definition) is 1. The van der Waals surface area contributed by atoms with E-state index in [1.807, 2.05) is 12.1 Å². The fourth-order valence-electron chi connectivity index (χ4n) is 2.95. The number of nitrogens with two attached hydrogens (primary N) is 1. The van der Waals surface area contributed by atoms with E-state index in [2.05, 4.69) is 54.6 Å². The molecule has 2 nitrogen and oxygen atoms in total. The van der Waals surface area contributed by atoms with Crippen LogP contribution >= 0.6 is 0 Å². The second kappa shape index (κ2) is 6.63. The molecule has 0 bridgehead atoms. The average Bonchev–Trinajstić information content (AvgIpc) is 2.60. The maximum absolute atomic E-state index is 6.04. The SMILES string of the molecule is COc1ccc(C(CN)Cc2cccc3ccccc23)cc1. The van der Waals surface area contributed by atoms with Gasteiger partial charge in [-0.2, -0.15) is 0 Å². The van der Waals surface area contributed by atoms with Gasteiger partial charge in [0.15, 0.2) is 0 Å². The third kappa shape index (κ3) is 2.97. The first-order valence-corrected chi connectivity index (χ1v) is 7.62. The Morgan fingerprint density at radius 3 is 2.36 bits per heavy atom. The molecule has 2 heteroatoms. The smallest absolute Gasteiger partial charge is 0.118 e. The minimum atomic E-state index is 0.316. The number of hydrogen-bond acceptors (Lipinski definition) is 2. The normalized spacial score (nSPS) is 12.3. The Bertz CT molecular complexity index is 744. The van der Waals surface area contributed by atoms with Crippen LogP contribution in [0, 0.1) is 0 Å². The van der Waals surface area contributed by atoms with Gasteiger partial charge in [0.05, 0.1) is 7.11 Å². The third-order valence-electron chi connectivity index (χ3n) is 4.22. The molecule has 0 aromatic heterocycles. The van der Waals surface area contributed by atoms with Crippen LogP contribution in [0.4, 0.5) is 0 Å². The molecular weight excluding hydrogens is 270 g/mol. The molecule has 0 saturated heterocycles. The van der Waals surface area contributed by atoms with Gasteiger partial charge in [-0.25, -0.2) is 0 Å². The molecule has 0 fully saturated rings. The molecule has 3 aromatic rings. The van der Waals surface area contributed by atoms with Gasteiger partial charge in [0.1, 0.15) is 5.75 Å². The zero-order valence-corrected chi connectivity index (χ0v) is 12.8. The molecule has 0 aliphatic carbocycles. The van der Waals surface area contributed by atoms with Gasteiger partial charge < -0.3 is 10.5 Å². The third-order valence-corrected chi connectivity index (χ3v) is 4.22. The minimum absolute atomic E-state index is 0.316. The first-order chi connectivity index (χ1) is 10.8. The maximum atomic E-state index is 6.04. The Balaban J connectivity index is 1.90. The Labute approximate surface area is 131 Å². The van der Waals surface area contributed by atoms with E-state index < -0.39 is 0 Å². The van der Waals surface area contributed by atoms with Gasteiger partial charge >= 0.3 is 0 Å². The fourth-order valence-corrected chi connectivity index (χ4v) is 2.95. The number of benzene rings is 3. The summed E-state index contributed by atoms with van der Waals surface area (Å²) in [5.41, 5.74) is 8.65. The van der Waals surface area contributed by atoms with Crippen molar-refractivity contribution in [2.45, 2.75) is 12.3 Å². The predicted molar refractivity (Wildman–Crippen MR) is 92.4 cm³/mol. The number of methoxy groups -OCH3 is 1. The average molecular weight is 291 g/mol. The van der Waals surface area contributed by atoms with E-state index in [4.69, 9.17) is 10.5 Å². The van der Waals surface area contributed by atoms with Crippen LogP contribution in [0.2, 0.25) is 0 Å². The van der Waals surface area contributed by atoms with E-state index in [-0.39, 0.29) is 0 Å². The Morgan fingerprint density at radius 1 is 0.909 bits per heavy atom. The van der Waals surface area contributed by atoms with Gasteiger partial charge in [0.2, 0.25) is 0 Å². The van der Waals surface area contributed by atoms with E-state index in [0.717, 1.165) is 12.2 Å². The largest absolute Gasteiger partial charge is 0.497 e. The summed E-state index contributed by atoms with van der Waals surface area (Å²) in [4.78, 5) is 0. The van der Waals surface area contributed by atoms with E-state index >= 15 is 0 Å². The van der Waals surface area contributed by atoms with E-state index in [1.54, 1.807) is 7.11 Å². The summed E-state index contributed by atoms with van der Waals surface area (Å²) in [7, 11) is 1.69. The highest BCUT2D eigenvalue weighted by Crippen LogP contribution is 2.26. The molecule has 1 unspecified atom stereocenters. The monoisotopic (exact) mass is 291 g/mol. The molecule has 1 atom stereocenters. The Morgan fingerprint density at radius 2 is 1.64 bits per heavy atom. The zero-order valence-electron chi connectivity index (χ0n) is 12.8. The molecule has 0 radical (unpaired) electrons. The molecule has 0 saturated carbocycles. The quantitative estimate of drug-likeness (QED) is 0.767. The minimum Gasteiger partial charge on any atom is -0.497 e. The van der Waals surface area contributed by atoms with Crippen LogP contribution in [0.3, 0.4) is 0 Å². The summed E-state index contributed by atoms with van der Waals surface area (Å²) in [6.45, 7) is 0.634. The van der Waals surface area contributed by atoms with Gasteiger partial charge in [0, 0.05) is 5.92 Å². The summed E-state index contributed by atoms with van der Waals surface area (Å²) >= 11 is 0. The summed E-state index contributed by atoms with van der Waals surface area (Å²) in [6.07, 6.45) is 0.949. The highest BCUT2D eigenvalue weighted by Gasteiger charge is 2.12. The summed E-state index contributed by atoms with van der Waals surface area (Å²) < 4.78 is 5.23. The molecule has 22 heavy (non-hydrogen) atoms. The lowest BCUT2D eigenvalue weighted by Gasteiger charge is -2.17. The van der Waals surface area contributed by atoms with Crippen LogP contribution in [0.15, 0.2) is 66.7 Å². The number of ether oxygens (including phenoxy) is 1. The molecule has 112 valence electrons. The van der Waals surface area contributed by atoms with Gasteiger partial charge in [-0.3, -0.25) is 0 Å². The van der Waals surface area contributed by atoms with Crippen LogP contribution in [-0.4, -0.2) is 13.7 Å². The summed E-state index contributed by atoms with van der Waals surface area (Å²) in [6, 6.07) is 23.2. The summed E-state index contributed by atoms with van der Waals surface area (Å²) in [5, 5.41) is 2.60. The van der Waals surface area contributed by atoms with Crippen molar-refractivity contribution in [3.63, 3.8) is 0 Å². The second-order valence-electron chi connectivity index (χ2n) is 5.55. The lowest BCUT2D eigenvalue weighted by molar-refractivity contribution is 0.414. The molecule has 0 aliphatic rings. The molecular formula is C20H21NO. The van der Waals surface area contributed by atoms with Crippen molar-refractivity contribution in [3.05, 3.63) is 77.9 Å².